The number of carbonyl (C=O) groups is 1. The van der Waals surface area contributed by atoms with Crippen LogP contribution >= 0.6 is 11.6 Å². The summed E-state index contributed by atoms with van der Waals surface area (Å²) in [4.78, 5) is 24.5. The molecule has 0 bridgehead atoms. The topological polar surface area (TPSA) is 86.2 Å². The van der Waals surface area contributed by atoms with Crippen molar-refractivity contribution in [3.63, 3.8) is 0 Å². The van der Waals surface area contributed by atoms with Crippen molar-refractivity contribution in [1.29, 1.82) is 0 Å². The minimum atomic E-state index is -0.119. The van der Waals surface area contributed by atoms with Crippen molar-refractivity contribution in [3.05, 3.63) is 41.3 Å². The molecule has 8 heteroatoms. The third-order valence-electron chi connectivity index (χ3n) is 4.17. The first-order chi connectivity index (χ1) is 12.6. The van der Waals surface area contributed by atoms with E-state index in [1.54, 1.807) is 12.1 Å². The standard InChI is InChI=1S/C18H21ClN4O3/c1-2-25-16-8-3-12(9-20-16)17(24)23-14-4-6-15(7-5-14)26-18-21-10-13(19)11-22-18/h3,8-11,14-15H,2,4-7H2,1H3,(H,23,24). The van der Waals surface area contributed by atoms with Gasteiger partial charge in [-0.1, -0.05) is 11.6 Å². The van der Waals surface area contributed by atoms with Gasteiger partial charge in [0.05, 0.1) is 29.6 Å². The second kappa shape index (κ2) is 8.80. The van der Waals surface area contributed by atoms with Crippen LogP contribution in [-0.4, -0.2) is 39.6 Å². The summed E-state index contributed by atoms with van der Waals surface area (Å²) in [7, 11) is 0. The molecule has 2 heterocycles. The van der Waals surface area contributed by atoms with Crippen LogP contribution in [0, 0.1) is 0 Å². The molecule has 1 aliphatic rings. The summed E-state index contributed by atoms with van der Waals surface area (Å²) in [6.07, 6.45) is 7.96. The Hall–Kier alpha value is -2.41. The molecule has 0 aliphatic heterocycles. The number of nitrogens with one attached hydrogen (secondary N) is 1. The number of aromatic nitrogens is 3. The van der Waals surface area contributed by atoms with E-state index in [2.05, 4.69) is 20.3 Å². The Labute approximate surface area is 157 Å². The van der Waals surface area contributed by atoms with E-state index in [1.165, 1.54) is 18.6 Å². The van der Waals surface area contributed by atoms with E-state index in [4.69, 9.17) is 21.1 Å². The lowest BCUT2D eigenvalue weighted by molar-refractivity contribution is 0.0884. The van der Waals surface area contributed by atoms with Gasteiger partial charge in [0.1, 0.15) is 6.10 Å². The lowest BCUT2D eigenvalue weighted by atomic mass is 9.93. The number of hydrogen-bond acceptors (Lipinski definition) is 6. The zero-order valence-corrected chi connectivity index (χ0v) is 15.3. The lowest BCUT2D eigenvalue weighted by Gasteiger charge is -2.28. The monoisotopic (exact) mass is 376 g/mol. The van der Waals surface area contributed by atoms with Crippen LogP contribution in [0.1, 0.15) is 43.0 Å². The maximum absolute atomic E-state index is 12.3. The van der Waals surface area contributed by atoms with E-state index in [-0.39, 0.29) is 18.1 Å². The van der Waals surface area contributed by atoms with Crippen LogP contribution in [-0.2, 0) is 0 Å². The Kier molecular flexibility index (Phi) is 6.22. The maximum atomic E-state index is 12.3. The van der Waals surface area contributed by atoms with Gasteiger partial charge in [-0.2, -0.15) is 0 Å². The SMILES string of the molecule is CCOc1ccc(C(=O)NC2CCC(Oc3ncc(Cl)cn3)CC2)cn1. The highest BCUT2D eigenvalue weighted by atomic mass is 35.5. The summed E-state index contributed by atoms with van der Waals surface area (Å²) < 4.78 is 11.1. The first-order valence-electron chi connectivity index (χ1n) is 8.68. The number of hydrogen-bond donors (Lipinski definition) is 1. The van der Waals surface area contributed by atoms with E-state index in [1.807, 2.05) is 6.92 Å². The van der Waals surface area contributed by atoms with Crippen molar-refractivity contribution in [2.24, 2.45) is 0 Å². The Morgan fingerprint density at radius 1 is 1.15 bits per heavy atom. The summed E-state index contributed by atoms with van der Waals surface area (Å²) in [6.45, 7) is 2.44. The normalized spacial score (nSPS) is 19.6. The van der Waals surface area contributed by atoms with Gasteiger partial charge in [-0.05, 0) is 38.7 Å². The lowest BCUT2D eigenvalue weighted by Crippen LogP contribution is -2.39. The van der Waals surface area contributed by atoms with Crippen LogP contribution in [0.2, 0.25) is 5.02 Å². The van der Waals surface area contributed by atoms with E-state index in [0.717, 1.165) is 25.7 Å². The average Bonchev–Trinajstić information content (AvgIpc) is 2.66. The number of carbonyl (C=O) groups excluding carboxylic acids is 1. The summed E-state index contributed by atoms with van der Waals surface area (Å²) >= 11 is 5.76. The molecular weight excluding hydrogens is 356 g/mol. The average molecular weight is 377 g/mol. The fraction of sp³-hybridized carbons (Fsp3) is 0.444. The number of pyridine rings is 1. The predicted molar refractivity (Wildman–Crippen MR) is 96.6 cm³/mol. The van der Waals surface area contributed by atoms with E-state index < -0.39 is 0 Å². The first-order valence-corrected chi connectivity index (χ1v) is 9.05. The molecule has 2 aromatic rings. The van der Waals surface area contributed by atoms with Crippen LogP contribution < -0.4 is 14.8 Å². The van der Waals surface area contributed by atoms with Gasteiger partial charge >= 0.3 is 6.01 Å². The minimum absolute atomic E-state index is 0.0523. The molecule has 0 saturated heterocycles. The molecule has 1 N–H and O–H groups in total. The summed E-state index contributed by atoms with van der Waals surface area (Å²) in [5.41, 5.74) is 0.529. The molecule has 7 nitrogen and oxygen atoms in total. The van der Waals surface area contributed by atoms with Gasteiger partial charge in [-0.15, -0.1) is 0 Å². The van der Waals surface area contributed by atoms with Crippen LogP contribution in [0.15, 0.2) is 30.7 Å². The predicted octanol–water partition coefficient (Wildman–Crippen LogP) is 3.04. The molecule has 2 aromatic heterocycles. The molecule has 26 heavy (non-hydrogen) atoms. The van der Waals surface area contributed by atoms with E-state index >= 15 is 0 Å². The van der Waals surface area contributed by atoms with Gasteiger partial charge in [0.2, 0.25) is 5.88 Å². The van der Waals surface area contributed by atoms with Crippen LogP contribution in [0.25, 0.3) is 0 Å². The van der Waals surface area contributed by atoms with Crippen LogP contribution in [0.4, 0.5) is 0 Å². The fourth-order valence-corrected chi connectivity index (χ4v) is 2.95. The summed E-state index contributed by atoms with van der Waals surface area (Å²) in [6, 6.07) is 3.89. The molecule has 3 rings (SSSR count). The van der Waals surface area contributed by atoms with Crippen molar-refractivity contribution in [2.75, 3.05) is 6.61 Å². The van der Waals surface area contributed by atoms with Crippen LogP contribution in [0.5, 0.6) is 11.9 Å². The highest BCUT2D eigenvalue weighted by Crippen LogP contribution is 2.23. The smallest absolute Gasteiger partial charge is 0.316 e. The molecule has 0 aromatic carbocycles. The highest BCUT2D eigenvalue weighted by Gasteiger charge is 2.24. The molecule has 0 atom stereocenters. The molecule has 1 amide bonds. The number of halogens is 1. The molecule has 0 spiro atoms. The second-order valence-electron chi connectivity index (χ2n) is 6.07. The van der Waals surface area contributed by atoms with Gasteiger partial charge in [0.25, 0.3) is 5.91 Å². The molecule has 1 aliphatic carbocycles. The zero-order chi connectivity index (χ0) is 18.4. The van der Waals surface area contributed by atoms with Crippen molar-refractivity contribution in [2.45, 2.75) is 44.8 Å². The van der Waals surface area contributed by atoms with Crippen LogP contribution in [0.3, 0.4) is 0 Å². The number of nitrogens with zero attached hydrogens (tertiary/aromatic N) is 3. The van der Waals surface area contributed by atoms with Gasteiger partial charge in [0, 0.05) is 18.3 Å². The summed E-state index contributed by atoms with van der Waals surface area (Å²) in [5.74, 6) is 0.400. The van der Waals surface area contributed by atoms with Gasteiger partial charge in [-0.25, -0.2) is 15.0 Å². The second-order valence-corrected chi connectivity index (χ2v) is 6.50. The van der Waals surface area contributed by atoms with E-state index in [0.29, 0.717) is 29.1 Å². The Bertz CT molecular complexity index is 716. The molecular formula is C18H21ClN4O3. The Balaban J connectivity index is 1.45. The van der Waals surface area contributed by atoms with Crippen molar-refractivity contribution in [3.8, 4) is 11.9 Å². The number of rotatable bonds is 6. The molecule has 1 saturated carbocycles. The molecule has 0 unspecified atom stereocenters. The molecule has 138 valence electrons. The third kappa shape index (κ3) is 5.05. The molecule has 0 radical (unpaired) electrons. The van der Waals surface area contributed by atoms with E-state index in [9.17, 15) is 4.79 Å². The fourth-order valence-electron chi connectivity index (χ4n) is 2.85. The number of amides is 1. The van der Waals surface area contributed by atoms with Gasteiger partial charge in [0.15, 0.2) is 0 Å². The van der Waals surface area contributed by atoms with Crippen molar-refractivity contribution in [1.82, 2.24) is 20.3 Å². The Morgan fingerprint density at radius 2 is 1.88 bits per heavy atom. The largest absolute Gasteiger partial charge is 0.478 e. The highest BCUT2D eigenvalue weighted by molar-refractivity contribution is 6.30. The van der Waals surface area contributed by atoms with Crippen molar-refractivity contribution >= 4 is 17.5 Å². The Morgan fingerprint density at radius 3 is 2.50 bits per heavy atom. The van der Waals surface area contributed by atoms with Crippen molar-refractivity contribution < 1.29 is 14.3 Å². The van der Waals surface area contributed by atoms with Gasteiger partial charge < -0.3 is 14.8 Å². The third-order valence-corrected chi connectivity index (χ3v) is 4.36. The first kappa shape index (κ1) is 18.4. The summed E-state index contributed by atoms with van der Waals surface area (Å²) in [5, 5.41) is 3.53. The minimum Gasteiger partial charge on any atom is -0.478 e. The maximum Gasteiger partial charge on any atom is 0.316 e. The quantitative estimate of drug-likeness (QED) is 0.833. The number of ether oxygens (including phenoxy) is 2. The van der Waals surface area contributed by atoms with Gasteiger partial charge in [-0.3, -0.25) is 4.79 Å². The molecule has 1 fully saturated rings. The zero-order valence-electron chi connectivity index (χ0n) is 14.5.